The van der Waals surface area contributed by atoms with E-state index in [-0.39, 0.29) is 11.7 Å². The van der Waals surface area contributed by atoms with E-state index in [2.05, 4.69) is 18.5 Å². The van der Waals surface area contributed by atoms with Gasteiger partial charge < -0.3 is 10.4 Å². The maximum atomic E-state index is 10.4. The molecule has 0 aliphatic heterocycles. The predicted octanol–water partition coefficient (Wildman–Crippen LogP) is 1.26. The zero-order chi connectivity index (χ0) is 8.85. The lowest BCUT2D eigenvalue weighted by Gasteiger charge is -1.97. The Balaban J connectivity index is 3.88. The summed E-state index contributed by atoms with van der Waals surface area (Å²) < 4.78 is 0. The first kappa shape index (κ1) is 9.49. The summed E-state index contributed by atoms with van der Waals surface area (Å²) in [4.78, 5) is 10.4. The van der Waals surface area contributed by atoms with Crippen LogP contribution in [0.3, 0.4) is 0 Å². The van der Waals surface area contributed by atoms with Crippen LogP contribution in [0.2, 0.25) is 0 Å². The quantitative estimate of drug-likeness (QED) is 0.473. The van der Waals surface area contributed by atoms with E-state index >= 15 is 0 Å². The number of nitrogens with one attached hydrogen (secondary N) is 1. The van der Waals surface area contributed by atoms with Crippen LogP contribution in [0, 0.1) is 0 Å². The minimum atomic E-state index is -0.191. The molecule has 0 fully saturated rings. The monoisotopic (exact) mass is 153 g/mol. The molecule has 0 heterocycles. The molecule has 0 radical (unpaired) electrons. The van der Waals surface area contributed by atoms with Crippen LogP contribution in [0.1, 0.15) is 6.92 Å². The van der Waals surface area contributed by atoms with Crippen LogP contribution in [-0.4, -0.2) is 11.0 Å². The summed E-state index contributed by atoms with van der Waals surface area (Å²) in [5, 5.41) is 11.0. The fourth-order valence-corrected chi connectivity index (χ4v) is 0.465. The van der Waals surface area contributed by atoms with Crippen molar-refractivity contribution < 1.29 is 9.90 Å². The standard InChI is InChI=1S/C8H11NO2/c1-6(9-8(3)11)4-5-7(2)10/h4-5,10H,1-2H2,3H3,(H,9,11)/b5-4-. The lowest BCUT2D eigenvalue weighted by molar-refractivity contribution is -0.118. The summed E-state index contributed by atoms with van der Waals surface area (Å²) >= 11 is 0. The zero-order valence-corrected chi connectivity index (χ0v) is 6.42. The smallest absolute Gasteiger partial charge is 0.221 e. The van der Waals surface area contributed by atoms with Crippen LogP contribution in [-0.2, 0) is 4.79 Å². The van der Waals surface area contributed by atoms with Gasteiger partial charge in [-0.05, 0) is 12.2 Å². The van der Waals surface area contributed by atoms with E-state index in [9.17, 15) is 4.79 Å². The lowest BCUT2D eigenvalue weighted by Crippen LogP contribution is -2.16. The van der Waals surface area contributed by atoms with Gasteiger partial charge in [0.1, 0.15) is 5.76 Å². The van der Waals surface area contributed by atoms with Gasteiger partial charge in [0, 0.05) is 12.6 Å². The van der Waals surface area contributed by atoms with Gasteiger partial charge in [0.15, 0.2) is 0 Å². The molecule has 1 amide bonds. The highest BCUT2D eigenvalue weighted by molar-refractivity contribution is 5.75. The molecule has 0 spiro atoms. The van der Waals surface area contributed by atoms with Crippen molar-refractivity contribution in [3.63, 3.8) is 0 Å². The summed E-state index contributed by atoms with van der Waals surface area (Å²) in [5.41, 5.74) is 0.424. The molecular formula is C8H11NO2. The number of hydrogen-bond donors (Lipinski definition) is 2. The van der Waals surface area contributed by atoms with Crippen molar-refractivity contribution in [1.29, 1.82) is 0 Å². The number of carbonyl (C=O) groups excluding carboxylic acids is 1. The van der Waals surface area contributed by atoms with Gasteiger partial charge in [-0.2, -0.15) is 0 Å². The normalized spacial score (nSPS) is 9.55. The molecule has 0 aromatic carbocycles. The maximum absolute atomic E-state index is 10.4. The van der Waals surface area contributed by atoms with Gasteiger partial charge in [-0.3, -0.25) is 4.79 Å². The predicted molar refractivity (Wildman–Crippen MR) is 43.9 cm³/mol. The summed E-state index contributed by atoms with van der Waals surface area (Å²) in [6, 6.07) is 0. The molecule has 0 bridgehead atoms. The molecule has 0 aliphatic carbocycles. The number of carbonyl (C=O) groups is 1. The van der Waals surface area contributed by atoms with Gasteiger partial charge in [-0.15, -0.1) is 0 Å². The van der Waals surface area contributed by atoms with E-state index in [0.29, 0.717) is 5.70 Å². The Morgan fingerprint density at radius 2 is 2.00 bits per heavy atom. The largest absolute Gasteiger partial charge is 0.509 e. The molecule has 0 aromatic heterocycles. The van der Waals surface area contributed by atoms with Gasteiger partial charge in [-0.1, -0.05) is 13.2 Å². The summed E-state index contributed by atoms with van der Waals surface area (Å²) in [6.07, 6.45) is 2.81. The molecule has 3 heteroatoms. The molecule has 0 atom stereocenters. The second-order valence-corrected chi connectivity index (χ2v) is 2.03. The molecule has 0 unspecified atom stereocenters. The average molecular weight is 153 g/mol. The molecule has 60 valence electrons. The Morgan fingerprint density at radius 3 is 2.36 bits per heavy atom. The van der Waals surface area contributed by atoms with Crippen molar-refractivity contribution >= 4 is 5.91 Å². The summed E-state index contributed by atoms with van der Waals surface area (Å²) in [6.45, 7) is 8.10. The molecular weight excluding hydrogens is 142 g/mol. The molecule has 0 saturated carbocycles. The third kappa shape index (κ3) is 6.37. The first-order valence-electron chi connectivity index (χ1n) is 3.05. The molecule has 0 aliphatic rings. The van der Waals surface area contributed by atoms with Crippen molar-refractivity contribution in [1.82, 2.24) is 5.32 Å². The number of aliphatic hydroxyl groups excluding tert-OH is 1. The van der Waals surface area contributed by atoms with E-state index in [0.717, 1.165) is 0 Å². The van der Waals surface area contributed by atoms with Crippen LogP contribution >= 0.6 is 0 Å². The number of amides is 1. The van der Waals surface area contributed by atoms with Crippen molar-refractivity contribution in [2.45, 2.75) is 6.92 Å². The van der Waals surface area contributed by atoms with Gasteiger partial charge in [0.25, 0.3) is 0 Å². The fraction of sp³-hybridized carbons (Fsp3) is 0.125. The number of rotatable bonds is 3. The van der Waals surface area contributed by atoms with Crippen molar-refractivity contribution in [3.8, 4) is 0 Å². The third-order valence-corrected chi connectivity index (χ3v) is 0.813. The van der Waals surface area contributed by atoms with E-state index in [4.69, 9.17) is 5.11 Å². The van der Waals surface area contributed by atoms with Crippen LogP contribution in [0.5, 0.6) is 0 Å². The SMILES string of the molecule is C=C(O)/C=C\C(=C)NC(C)=O. The topological polar surface area (TPSA) is 49.3 Å². The van der Waals surface area contributed by atoms with Crippen molar-refractivity contribution in [3.05, 3.63) is 36.8 Å². The first-order valence-corrected chi connectivity index (χ1v) is 3.05. The molecule has 0 saturated heterocycles. The van der Waals surface area contributed by atoms with Gasteiger partial charge in [-0.25, -0.2) is 0 Å². The molecule has 3 nitrogen and oxygen atoms in total. The molecule has 0 aromatic rings. The Bertz CT molecular complexity index is 216. The highest BCUT2D eigenvalue weighted by Gasteiger charge is 1.89. The zero-order valence-electron chi connectivity index (χ0n) is 6.42. The Labute approximate surface area is 65.7 Å². The van der Waals surface area contributed by atoms with Crippen LogP contribution in [0.25, 0.3) is 0 Å². The number of hydrogen-bond acceptors (Lipinski definition) is 2. The van der Waals surface area contributed by atoms with E-state index in [1.807, 2.05) is 0 Å². The van der Waals surface area contributed by atoms with E-state index in [1.165, 1.54) is 19.1 Å². The minimum Gasteiger partial charge on any atom is -0.509 e. The lowest BCUT2D eigenvalue weighted by atomic mass is 10.4. The minimum absolute atomic E-state index is 0.0727. The van der Waals surface area contributed by atoms with E-state index < -0.39 is 0 Å². The number of allylic oxidation sites excluding steroid dienone is 2. The highest BCUT2D eigenvalue weighted by atomic mass is 16.3. The van der Waals surface area contributed by atoms with Crippen LogP contribution < -0.4 is 5.32 Å². The molecule has 11 heavy (non-hydrogen) atoms. The Morgan fingerprint density at radius 1 is 1.45 bits per heavy atom. The van der Waals surface area contributed by atoms with Crippen molar-refractivity contribution in [2.75, 3.05) is 0 Å². The van der Waals surface area contributed by atoms with Crippen molar-refractivity contribution in [2.24, 2.45) is 0 Å². The summed E-state index contributed by atoms with van der Waals surface area (Å²) in [7, 11) is 0. The van der Waals surface area contributed by atoms with Crippen LogP contribution in [0.4, 0.5) is 0 Å². The summed E-state index contributed by atoms with van der Waals surface area (Å²) in [5.74, 6) is -0.264. The van der Waals surface area contributed by atoms with E-state index in [1.54, 1.807) is 0 Å². The number of aliphatic hydroxyl groups is 1. The van der Waals surface area contributed by atoms with Gasteiger partial charge in [0.05, 0.1) is 0 Å². The van der Waals surface area contributed by atoms with Gasteiger partial charge in [0.2, 0.25) is 5.91 Å². The maximum Gasteiger partial charge on any atom is 0.221 e. The average Bonchev–Trinajstić information content (AvgIpc) is 1.82. The highest BCUT2D eigenvalue weighted by Crippen LogP contribution is 1.91. The third-order valence-electron chi connectivity index (χ3n) is 0.813. The van der Waals surface area contributed by atoms with Gasteiger partial charge >= 0.3 is 0 Å². The molecule has 0 rings (SSSR count). The van der Waals surface area contributed by atoms with Crippen LogP contribution in [0.15, 0.2) is 36.8 Å². The Hall–Kier alpha value is -1.51. The second kappa shape index (κ2) is 4.33. The second-order valence-electron chi connectivity index (χ2n) is 2.03. The fourth-order valence-electron chi connectivity index (χ4n) is 0.465. The first-order chi connectivity index (χ1) is 5.02. The Kier molecular flexibility index (Phi) is 3.73. The molecule has 2 N–H and O–H groups in total.